The molecule has 0 bridgehead atoms. The summed E-state index contributed by atoms with van der Waals surface area (Å²) < 4.78 is 95.1. The first-order valence-electron chi connectivity index (χ1n) is 19.0. The Morgan fingerprint density at radius 2 is 1.50 bits per heavy atom. The highest BCUT2D eigenvalue weighted by molar-refractivity contribution is 6.42. The Morgan fingerprint density at radius 3 is 2.14 bits per heavy atom. The molecule has 3 saturated heterocycles. The zero-order valence-corrected chi connectivity index (χ0v) is 33.7. The summed E-state index contributed by atoms with van der Waals surface area (Å²) in [5.74, 6) is -1.08. The highest BCUT2D eigenvalue weighted by Gasteiger charge is 2.50. The van der Waals surface area contributed by atoms with Gasteiger partial charge in [0, 0.05) is 37.2 Å². The number of morpholine rings is 1. The van der Waals surface area contributed by atoms with E-state index in [1.54, 1.807) is 23.1 Å². The van der Waals surface area contributed by atoms with E-state index in [0.29, 0.717) is 76.1 Å². The Bertz CT molecular complexity index is 1940. The third-order valence-corrected chi connectivity index (χ3v) is 12.9. The van der Waals surface area contributed by atoms with Crippen molar-refractivity contribution >= 4 is 47.4 Å². The molecule has 3 fully saturated rings. The molecule has 1 N–H and O–H groups in total. The number of hydrogen-bond acceptors (Lipinski definition) is 6. The average molecular weight is 879 g/mol. The summed E-state index contributed by atoms with van der Waals surface area (Å²) in [4.78, 5) is 32.2. The number of carbonyl (C=O) groups excluding carboxylic acids is 2. The van der Waals surface area contributed by atoms with Gasteiger partial charge in [-0.1, -0.05) is 53.5 Å². The molecule has 58 heavy (non-hydrogen) atoms. The molecular formula is C41H44Cl3F6N3O5. The second-order valence-corrected chi connectivity index (χ2v) is 16.3. The maximum Gasteiger partial charge on any atom is 0.416 e. The number of likely N-dealkylation sites (tertiary alicyclic amines) is 2. The molecule has 2 amide bonds. The van der Waals surface area contributed by atoms with Crippen molar-refractivity contribution in [2.75, 3.05) is 59.0 Å². The van der Waals surface area contributed by atoms with E-state index in [2.05, 4.69) is 17.0 Å². The number of aliphatic hydroxyl groups excluding tert-OH is 1. The van der Waals surface area contributed by atoms with Crippen molar-refractivity contribution < 1.29 is 50.5 Å². The lowest BCUT2D eigenvalue weighted by atomic mass is 9.72. The fraction of sp³-hybridized carbons (Fsp3) is 0.512. The van der Waals surface area contributed by atoms with Gasteiger partial charge in [0.05, 0.1) is 46.5 Å². The molecule has 8 nitrogen and oxygen atoms in total. The van der Waals surface area contributed by atoms with Gasteiger partial charge < -0.3 is 29.3 Å². The van der Waals surface area contributed by atoms with Crippen LogP contribution >= 0.6 is 35.6 Å². The molecule has 0 aromatic heterocycles. The van der Waals surface area contributed by atoms with Gasteiger partial charge in [0.15, 0.2) is 0 Å². The number of amides is 2. The van der Waals surface area contributed by atoms with Crippen molar-refractivity contribution in [2.24, 2.45) is 0 Å². The van der Waals surface area contributed by atoms with Crippen LogP contribution in [0.3, 0.4) is 0 Å². The summed E-state index contributed by atoms with van der Waals surface area (Å²) in [5.41, 5.74) is -2.45. The Labute approximate surface area is 348 Å². The van der Waals surface area contributed by atoms with Gasteiger partial charge in [-0.3, -0.25) is 9.59 Å². The third-order valence-electron chi connectivity index (χ3n) is 12.1. The first kappa shape index (κ1) is 44.4. The normalized spacial score (nSPS) is 22.8. The Morgan fingerprint density at radius 1 is 0.845 bits per heavy atom. The van der Waals surface area contributed by atoms with E-state index < -0.39 is 46.7 Å². The molecule has 3 aromatic rings. The number of aliphatic hydroxyl groups is 1. The maximum atomic E-state index is 13.8. The van der Waals surface area contributed by atoms with Crippen molar-refractivity contribution in [1.29, 1.82) is 0 Å². The molecule has 3 aliphatic heterocycles. The largest absolute Gasteiger partial charge is 0.416 e. The van der Waals surface area contributed by atoms with Crippen LogP contribution in [0.4, 0.5) is 26.3 Å². The zero-order valence-electron chi connectivity index (χ0n) is 31.4. The Balaban J connectivity index is 0.00000567. The molecule has 2 atom stereocenters. The fourth-order valence-corrected chi connectivity index (χ4v) is 9.22. The van der Waals surface area contributed by atoms with Gasteiger partial charge in [-0.05, 0) is 98.6 Å². The van der Waals surface area contributed by atoms with Crippen molar-refractivity contribution in [3.8, 4) is 0 Å². The highest BCUT2D eigenvalue weighted by atomic mass is 35.5. The molecule has 17 heteroatoms. The lowest BCUT2D eigenvalue weighted by Crippen LogP contribution is -2.54. The lowest BCUT2D eigenvalue weighted by molar-refractivity contribution is -0.144. The monoisotopic (exact) mass is 877 g/mol. The SMILES string of the molecule is Cl.O=C(CO[C@H]1Cc2ccccc2C12CCN(CC[C@]1(c3ccc(Cl)c(Cl)c3)CN(C(=O)c3cc(C(F)(F)F)cc(C(F)(F)F)c3)CCO1)CC2)N1CCC(O)CC1. The molecule has 1 aliphatic carbocycles. The minimum absolute atomic E-state index is 0. The second-order valence-electron chi connectivity index (χ2n) is 15.5. The summed E-state index contributed by atoms with van der Waals surface area (Å²) in [6, 6.07) is 14.0. The predicted molar refractivity (Wildman–Crippen MR) is 207 cm³/mol. The number of ether oxygens (including phenoxy) is 2. The van der Waals surface area contributed by atoms with Crippen LogP contribution in [0.1, 0.15) is 70.3 Å². The predicted octanol–water partition coefficient (Wildman–Crippen LogP) is 8.17. The number of benzene rings is 3. The Hall–Kier alpha value is -3.11. The van der Waals surface area contributed by atoms with E-state index in [4.69, 9.17) is 32.7 Å². The number of carbonyl (C=O) groups is 2. The number of halogens is 9. The molecule has 0 saturated carbocycles. The summed E-state index contributed by atoms with van der Waals surface area (Å²) >= 11 is 12.7. The van der Waals surface area contributed by atoms with Crippen LogP contribution in [-0.4, -0.2) is 103 Å². The van der Waals surface area contributed by atoms with E-state index in [1.165, 1.54) is 16.0 Å². The Kier molecular flexibility index (Phi) is 13.4. The van der Waals surface area contributed by atoms with E-state index in [-0.39, 0.29) is 72.2 Å². The molecule has 7 rings (SSSR count). The fourth-order valence-electron chi connectivity index (χ4n) is 8.92. The van der Waals surface area contributed by atoms with Crippen molar-refractivity contribution in [3.05, 3.63) is 104 Å². The smallest absolute Gasteiger partial charge is 0.393 e. The first-order chi connectivity index (χ1) is 27.0. The molecular weight excluding hydrogens is 835 g/mol. The van der Waals surface area contributed by atoms with Crippen LogP contribution in [0.25, 0.3) is 0 Å². The van der Waals surface area contributed by atoms with Crippen LogP contribution in [0.15, 0.2) is 60.7 Å². The molecule has 0 unspecified atom stereocenters. The van der Waals surface area contributed by atoms with Crippen LogP contribution in [0, 0.1) is 0 Å². The van der Waals surface area contributed by atoms with Crippen molar-refractivity contribution in [3.63, 3.8) is 0 Å². The van der Waals surface area contributed by atoms with Gasteiger partial charge >= 0.3 is 12.4 Å². The highest BCUT2D eigenvalue weighted by Crippen LogP contribution is 2.48. The molecule has 1 spiro atoms. The van der Waals surface area contributed by atoms with Crippen LogP contribution in [0.2, 0.25) is 10.0 Å². The third kappa shape index (κ3) is 9.28. The molecule has 3 aromatic carbocycles. The van der Waals surface area contributed by atoms with E-state index in [1.807, 2.05) is 12.1 Å². The average Bonchev–Trinajstić information content (AvgIpc) is 3.49. The number of fused-ring (bicyclic) bond motifs is 2. The van der Waals surface area contributed by atoms with Gasteiger partial charge in [-0.15, -0.1) is 12.4 Å². The summed E-state index contributed by atoms with van der Waals surface area (Å²) in [6.07, 6.45) is -7.27. The minimum atomic E-state index is -5.11. The molecule has 0 radical (unpaired) electrons. The minimum Gasteiger partial charge on any atom is -0.393 e. The summed E-state index contributed by atoms with van der Waals surface area (Å²) in [6.45, 7) is 2.50. The van der Waals surface area contributed by atoms with Crippen molar-refractivity contribution in [1.82, 2.24) is 14.7 Å². The summed E-state index contributed by atoms with van der Waals surface area (Å²) in [7, 11) is 0. The van der Waals surface area contributed by atoms with E-state index in [0.717, 1.165) is 12.8 Å². The van der Waals surface area contributed by atoms with Crippen LogP contribution in [0.5, 0.6) is 0 Å². The lowest BCUT2D eigenvalue weighted by Gasteiger charge is -2.46. The first-order valence-corrected chi connectivity index (χ1v) is 19.8. The number of nitrogens with zero attached hydrogens (tertiary/aromatic N) is 3. The van der Waals surface area contributed by atoms with Crippen molar-refractivity contribution in [2.45, 2.75) is 74.1 Å². The van der Waals surface area contributed by atoms with E-state index >= 15 is 0 Å². The van der Waals surface area contributed by atoms with Crippen LogP contribution in [-0.2, 0) is 44.1 Å². The number of piperidine rings is 2. The van der Waals surface area contributed by atoms with Gasteiger partial charge in [0.25, 0.3) is 5.91 Å². The number of rotatable bonds is 8. The van der Waals surface area contributed by atoms with Gasteiger partial charge in [0.2, 0.25) is 5.91 Å². The van der Waals surface area contributed by atoms with Crippen LogP contribution < -0.4 is 0 Å². The molecule has 316 valence electrons. The van der Waals surface area contributed by atoms with E-state index in [9.17, 15) is 41.0 Å². The standard InChI is InChI=1S/C41H43Cl2F6N3O5.ClH/c42-33-6-5-28(23-34(33)43)39(25-52(17-18-57-39)37(55)27-19-29(40(44,45)46)22-30(20-27)41(47,48)49)11-16-50-14-9-38(10-15-50)32-4-2-1-3-26(32)21-35(38)56-24-36(54)51-12-7-31(53)8-13-51;/h1-6,19-20,22-23,31,35,53H,7-18,21,24-25H2;1H/t35-,39+;/m0./s1. The van der Waals surface area contributed by atoms with Gasteiger partial charge in [-0.25, -0.2) is 0 Å². The quantitative estimate of drug-likeness (QED) is 0.230. The number of hydrogen-bond donors (Lipinski definition) is 1. The number of alkyl halides is 6. The van der Waals surface area contributed by atoms with Gasteiger partial charge in [-0.2, -0.15) is 26.3 Å². The second kappa shape index (κ2) is 17.5. The van der Waals surface area contributed by atoms with Gasteiger partial charge in [0.1, 0.15) is 12.2 Å². The molecule has 4 aliphatic rings. The topological polar surface area (TPSA) is 82.5 Å². The molecule has 3 heterocycles. The summed E-state index contributed by atoms with van der Waals surface area (Å²) in [5, 5.41) is 10.4. The maximum absolute atomic E-state index is 13.8. The zero-order chi connectivity index (χ0) is 40.8.